The Morgan fingerprint density at radius 1 is 1.10 bits per heavy atom. The molecule has 2 aromatic rings. The second kappa shape index (κ2) is 5.19. The van der Waals surface area contributed by atoms with Crippen LogP contribution in [0.5, 0.6) is 0 Å². The SMILES string of the molecule is Cc1c(N)c(=O)n(C2CCCCC2)n1-c1ccccc1. The Bertz CT molecular complexity index is 648. The number of nitrogens with two attached hydrogens (primary N) is 1. The number of hydrogen-bond donors (Lipinski definition) is 1. The van der Waals surface area contributed by atoms with Gasteiger partial charge in [0.1, 0.15) is 5.69 Å². The van der Waals surface area contributed by atoms with Crippen molar-refractivity contribution in [3.05, 3.63) is 46.4 Å². The van der Waals surface area contributed by atoms with Gasteiger partial charge in [0.25, 0.3) is 5.56 Å². The molecule has 4 nitrogen and oxygen atoms in total. The zero-order valence-corrected chi connectivity index (χ0v) is 11.9. The van der Waals surface area contributed by atoms with Crippen molar-refractivity contribution in [2.75, 3.05) is 5.73 Å². The first-order chi connectivity index (χ1) is 9.70. The van der Waals surface area contributed by atoms with Gasteiger partial charge in [-0.25, -0.2) is 4.68 Å². The molecule has 0 unspecified atom stereocenters. The topological polar surface area (TPSA) is 53.0 Å². The van der Waals surface area contributed by atoms with Crippen molar-refractivity contribution in [2.45, 2.75) is 45.1 Å². The maximum absolute atomic E-state index is 12.5. The van der Waals surface area contributed by atoms with Crippen molar-refractivity contribution >= 4 is 5.69 Å². The van der Waals surface area contributed by atoms with Gasteiger partial charge in [-0.15, -0.1) is 0 Å². The van der Waals surface area contributed by atoms with Gasteiger partial charge in [0.2, 0.25) is 0 Å². The predicted octanol–water partition coefficient (Wildman–Crippen LogP) is 3.03. The molecule has 106 valence electrons. The lowest BCUT2D eigenvalue weighted by Gasteiger charge is -2.26. The molecule has 1 saturated carbocycles. The van der Waals surface area contributed by atoms with Crippen LogP contribution in [-0.2, 0) is 0 Å². The van der Waals surface area contributed by atoms with E-state index in [9.17, 15) is 4.79 Å². The van der Waals surface area contributed by atoms with Crippen LogP contribution in [0.25, 0.3) is 5.69 Å². The van der Waals surface area contributed by atoms with Crippen LogP contribution in [0.1, 0.15) is 43.8 Å². The summed E-state index contributed by atoms with van der Waals surface area (Å²) in [5.74, 6) is 0. The first-order valence-corrected chi connectivity index (χ1v) is 7.35. The van der Waals surface area contributed by atoms with Gasteiger partial charge in [-0.2, -0.15) is 0 Å². The molecular weight excluding hydrogens is 250 g/mol. The third kappa shape index (κ3) is 2.05. The number of anilines is 1. The Hall–Kier alpha value is -1.97. The van der Waals surface area contributed by atoms with E-state index in [4.69, 9.17) is 5.73 Å². The number of nitrogens with zero attached hydrogens (tertiary/aromatic N) is 2. The van der Waals surface area contributed by atoms with E-state index in [2.05, 4.69) is 0 Å². The van der Waals surface area contributed by atoms with Crippen LogP contribution in [0.15, 0.2) is 35.1 Å². The minimum atomic E-state index is -0.0433. The van der Waals surface area contributed by atoms with E-state index in [0.29, 0.717) is 5.69 Å². The molecule has 0 radical (unpaired) electrons. The van der Waals surface area contributed by atoms with Gasteiger partial charge in [0, 0.05) is 0 Å². The van der Waals surface area contributed by atoms with E-state index >= 15 is 0 Å². The van der Waals surface area contributed by atoms with Crippen molar-refractivity contribution in [1.29, 1.82) is 0 Å². The van der Waals surface area contributed by atoms with Crippen LogP contribution in [-0.4, -0.2) is 9.36 Å². The summed E-state index contributed by atoms with van der Waals surface area (Å²) in [6, 6.07) is 10.3. The molecule has 1 aliphatic rings. The Labute approximate surface area is 118 Å². The molecule has 4 heteroatoms. The summed E-state index contributed by atoms with van der Waals surface area (Å²) in [5, 5.41) is 0. The minimum absolute atomic E-state index is 0.0433. The van der Waals surface area contributed by atoms with E-state index < -0.39 is 0 Å². The quantitative estimate of drug-likeness (QED) is 0.912. The van der Waals surface area contributed by atoms with Crippen LogP contribution in [0.4, 0.5) is 5.69 Å². The number of nitrogen functional groups attached to an aromatic ring is 1. The summed E-state index contributed by atoms with van der Waals surface area (Å²) in [6.45, 7) is 1.92. The Morgan fingerprint density at radius 2 is 1.75 bits per heavy atom. The monoisotopic (exact) mass is 271 g/mol. The standard InChI is InChI=1S/C16H21N3O/c1-12-15(17)16(20)19(14-10-6-3-7-11-14)18(12)13-8-4-2-5-9-13/h2,4-5,8-9,14H,3,6-7,10-11,17H2,1H3. The van der Waals surface area contributed by atoms with E-state index in [-0.39, 0.29) is 11.6 Å². The third-order valence-electron chi connectivity index (χ3n) is 4.28. The molecule has 1 fully saturated rings. The average Bonchev–Trinajstić information content (AvgIpc) is 2.73. The van der Waals surface area contributed by atoms with Crippen molar-refractivity contribution in [3.63, 3.8) is 0 Å². The summed E-state index contributed by atoms with van der Waals surface area (Å²) in [5.41, 5.74) is 8.17. The second-order valence-electron chi connectivity index (χ2n) is 5.59. The molecule has 3 rings (SSSR count). The maximum atomic E-state index is 12.5. The van der Waals surface area contributed by atoms with E-state index in [1.54, 1.807) is 0 Å². The molecule has 1 heterocycles. The van der Waals surface area contributed by atoms with Crippen LogP contribution in [0.2, 0.25) is 0 Å². The molecule has 1 aromatic carbocycles. The fourth-order valence-corrected chi connectivity index (χ4v) is 3.19. The Morgan fingerprint density at radius 3 is 2.40 bits per heavy atom. The fourth-order valence-electron chi connectivity index (χ4n) is 3.19. The van der Waals surface area contributed by atoms with Crippen LogP contribution in [0, 0.1) is 6.92 Å². The molecular formula is C16H21N3O. The van der Waals surface area contributed by atoms with Crippen molar-refractivity contribution in [3.8, 4) is 5.69 Å². The molecule has 1 aliphatic carbocycles. The summed E-state index contributed by atoms with van der Waals surface area (Å²) in [4.78, 5) is 12.5. The maximum Gasteiger partial charge on any atom is 0.290 e. The highest BCUT2D eigenvalue weighted by Gasteiger charge is 2.23. The predicted molar refractivity (Wildman–Crippen MR) is 81.3 cm³/mol. The summed E-state index contributed by atoms with van der Waals surface area (Å²) < 4.78 is 3.87. The van der Waals surface area contributed by atoms with Gasteiger partial charge in [0.15, 0.2) is 0 Å². The molecule has 0 aliphatic heterocycles. The van der Waals surface area contributed by atoms with Crippen molar-refractivity contribution in [2.24, 2.45) is 0 Å². The molecule has 20 heavy (non-hydrogen) atoms. The number of aromatic nitrogens is 2. The largest absolute Gasteiger partial charge is 0.393 e. The zero-order chi connectivity index (χ0) is 14.1. The molecule has 0 amide bonds. The highest BCUT2D eigenvalue weighted by Crippen LogP contribution is 2.29. The number of rotatable bonds is 2. The van der Waals surface area contributed by atoms with Crippen LogP contribution < -0.4 is 11.3 Å². The molecule has 2 N–H and O–H groups in total. The van der Waals surface area contributed by atoms with Crippen molar-refractivity contribution < 1.29 is 0 Å². The molecule has 0 saturated heterocycles. The second-order valence-corrected chi connectivity index (χ2v) is 5.59. The van der Waals surface area contributed by atoms with Crippen molar-refractivity contribution in [1.82, 2.24) is 9.36 Å². The summed E-state index contributed by atoms with van der Waals surface area (Å²) in [6.07, 6.45) is 5.78. The zero-order valence-electron chi connectivity index (χ0n) is 11.9. The third-order valence-corrected chi connectivity index (χ3v) is 4.28. The molecule has 0 atom stereocenters. The van der Waals surface area contributed by atoms with Gasteiger partial charge in [-0.05, 0) is 31.9 Å². The Kier molecular flexibility index (Phi) is 3.38. The van der Waals surface area contributed by atoms with Gasteiger partial charge >= 0.3 is 0 Å². The lowest BCUT2D eigenvalue weighted by molar-refractivity contribution is 0.305. The lowest BCUT2D eigenvalue weighted by atomic mass is 9.96. The van der Waals surface area contributed by atoms with Gasteiger partial charge in [-0.1, -0.05) is 37.5 Å². The first kappa shape index (κ1) is 13.0. The average molecular weight is 271 g/mol. The lowest BCUT2D eigenvalue weighted by Crippen LogP contribution is -2.29. The summed E-state index contributed by atoms with van der Waals surface area (Å²) in [7, 11) is 0. The van der Waals surface area contributed by atoms with E-state index in [1.807, 2.05) is 46.6 Å². The minimum Gasteiger partial charge on any atom is -0.393 e. The number of benzene rings is 1. The van der Waals surface area contributed by atoms with Crippen LogP contribution >= 0.6 is 0 Å². The Balaban J connectivity index is 2.18. The van der Waals surface area contributed by atoms with E-state index in [0.717, 1.165) is 24.2 Å². The smallest absolute Gasteiger partial charge is 0.290 e. The highest BCUT2D eigenvalue weighted by atomic mass is 16.1. The number of hydrogen-bond acceptors (Lipinski definition) is 2. The number of para-hydroxylation sites is 1. The van der Waals surface area contributed by atoms with Crippen LogP contribution in [0.3, 0.4) is 0 Å². The van der Waals surface area contributed by atoms with Gasteiger partial charge < -0.3 is 5.73 Å². The first-order valence-electron chi connectivity index (χ1n) is 7.35. The molecule has 1 aromatic heterocycles. The highest BCUT2D eigenvalue weighted by molar-refractivity contribution is 5.46. The molecule has 0 spiro atoms. The fraction of sp³-hybridized carbons (Fsp3) is 0.438. The normalized spacial score (nSPS) is 16.4. The molecule has 0 bridgehead atoms. The van der Waals surface area contributed by atoms with E-state index in [1.165, 1.54) is 19.3 Å². The van der Waals surface area contributed by atoms with Gasteiger partial charge in [0.05, 0.1) is 17.4 Å². The summed E-state index contributed by atoms with van der Waals surface area (Å²) >= 11 is 0. The van der Waals surface area contributed by atoms with Gasteiger partial charge in [-0.3, -0.25) is 9.48 Å².